The average molecular weight is 326 g/mol. The average Bonchev–Trinajstić information content (AvgIpc) is 2.48. The van der Waals surface area contributed by atoms with Gasteiger partial charge in [0.2, 0.25) is 0 Å². The maximum atomic E-state index is 12.3. The van der Waals surface area contributed by atoms with Crippen LogP contribution >= 0.6 is 11.6 Å². The zero-order valence-corrected chi connectivity index (χ0v) is 13.2. The van der Waals surface area contributed by atoms with Crippen molar-refractivity contribution in [3.63, 3.8) is 0 Å². The van der Waals surface area contributed by atoms with Crippen LogP contribution in [-0.4, -0.2) is 19.9 Å². The highest BCUT2D eigenvalue weighted by Gasteiger charge is 2.44. The largest absolute Gasteiger partial charge is 0.339 e. The molecule has 1 aromatic carbocycles. The minimum Gasteiger partial charge on any atom is -0.262 e. The maximum absolute atomic E-state index is 12.3. The highest BCUT2D eigenvalue weighted by atomic mass is 35.5. The fourth-order valence-corrected chi connectivity index (χ4v) is 3.80. The van der Waals surface area contributed by atoms with E-state index in [0.29, 0.717) is 28.2 Å². The van der Waals surface area contributed by atoms with Crippen molar-refractivity contribution in [2.24, 2.45) is 0 Å². The molecule has 1 aliphatic carbocycles. The third-order valence-corrected chi connectivity index (χ3v) is 5.35. The van der Waals surface area contributed by atoms with E-state index in [-0.39, 0.29) is 0 Å². The van der Waals surface area contributed by atoms with Crippen LogP contribution in [0.15, 0.2) is 47.4 Å². The molecule has 0 N–H and O–H groups in total. The summed E-state index contributed by atoms with van der Waals surface area (Å²) in [6, 6.07) is 7.05. The predicted molar refractivity (Wildman–Crippen MR) is 85.3 cm³/mol. The van der Waals surface area contributed by atoms with Crippen molar-refractivity contribution >= 4 is 28.0 Å². The van der Waals surface area contributed by atoms with Gasteiger partial charge in [0.1, 0.15) is 0 Å². The Morgan fingerprint density at radius 3 is 2.81 bits per heavy atom. The molecule has 0 spiro atoms. The Hall–Kier alpha value is -1.46. The van der Waals surface area contributed by atoms with Crippen LogP contribution in [0.5, 0.6) is 0 Å². The third kappa shape index (κ3) is 3.09. The number of nitro groups is 1. The topological polar surface area (TPSA) is 60.2 Å². The molecule has 0 saturated carbocycles. The molecule has 1 aromatic rings. The van der Waals surface area contributed by atoms with Crippen LogP contribution in [0, 0.1) is 10.1 Å². The number of hydrogen-bond donors (Lipinski definition) is 0. The molecular weight excluding hydrogens is 310 g/mol. The van der Waals surface area contributed by atoms with Gasteiger partial charge in [0, 0.05) is 22.3 Å². The van der Waals surface area contributed by atoms with Gasteiger partial charge in [0.25, 0.3) is 0 Å². The van der Waals surface area contributed by atoms with E-state index < -0.39 is 20.7 Å². The molecule has 21 heavy (non-hydrogen) atoms. The highest BCUT2D eigenvalue weighted by Crippen LogP contribution is 2.40. The van der Waals surface area contributed by atoms with Gasteiger partial charge < -0.3 is 0 Å². The summed E-state index contributed by atoms with van der Waals surface area (Å²) in [7, 11) is -1.19. The summed E-state index contributed by atoms with van der Waals surface area (Å²) in [5.74, 6) is 0.522. The van der Waals surface area contributed by atoms with Crippen molar-refractivity contribution in [3.05, 3.63) is 58.2 Å². The molecule has 1 aliphatic rings. The molecule has 4 nitrogen and oxygen atoms in total. The van der Waals surface area contributed by atoms with Crippen LogP contribution in [0.4, 0.5) is 0 Å². The van der Waals surface area contributed by atoms with Gasteiger partial charge in [-0.3, -0.25) is 14.3 Å². The number of benzene rings is 1. The Labute approximate surface area is 131 Å². The molecule has 2 rings (SSSR count). The molecular formula is C15H16ClNO3S. The summed E-state index contributed by atoms with van der Waals surface area (Å²) in [6.45, 7) is 1.95. The summed E-state index contributed by atoms with van der Waals surface area (Å²) in [6.07, 6.45) is 6.15. The molecule has 0 heterocycles. The Morgan fingerprint density at radius 1 is 1.43 bits per heavy atom. The Balaban J connectivity index is 2.54. The second-order valence-corrected chi connectivity index (χ2v) is 6.85. The molecule has 0 saturated heterocycles. The lowest BCUT2D eigenvalue weighted by Crippen LogP contribution is -2.32. The minimum atomic E-state index is -1.79. The lowest BCUT2D eigenvalue weighted by atomic mass is 9.93. The van der Waals surface area contributed by atoms with E-state index in [0.717, 1.165) is 6.42 Å². The summed E-state index contributed by atoms with van der Waals surface area (Å²) in [4.78, 5) is 9.67. The number of nitrogens with zero attached hydrogens (tertiary/aromatic N) is 1. The molecule has 0 aliphatic heterocycles. The maximum Gasteiger partial charge on any atom is 0.339 e. The fourth-order valence-electron chi connectivity index (χ4n) is 2.28. The first-order chi connectivity index (χ1) is 10.0. The van der Waals surface area contributed by atoms with Crippen LogP contribution in [0.25, 0.3) is 5.57 Å². The van der Waals surface area contributed by atoms with Crippen molar-refractivity contribution in [2.75, 3.05) is 5.75 Å². The first kappa shape index (κ1) is 15.9. The van der Waals surface area contributed by atoms with Crippen LogP contribution in [0.2, 0.25) is 0 Å². The zero-order valence-electron chi connectivity index (χ0n) is 11.6. The number of allylic oxidation sites excluding steroid dienone is 2. The van der Waals surface area contributed by atoms with Crippen molar-refractivity contribution in [2.45, 2.75) is 29.7 Å². The molecule has 112 valence electrons. The summed E-state index contributed by atoms with van der Waals surface area (Å²) >= 11 is 6.21. The molecule has 2 atom stereocenters. The van der Waals surface area contributed by atoms with Crippen LogP contribution in [0.3, 0.4) is 0 Å². The predicted octanol–water partition coefficient (Wildman–Crippen LogP) is 3.76. The van der Waals surface area contributed by atoms with E-state index in [2.05, 4.69) is 0 Å². The fraction of sp³-hybridized carbons (Fsp3) is 0.333. The van der Waals surface area contributed by atoms with Gasteiger partial charge in [-0.05, 0) is 30.5 Å². The Bertz CT molecular complexity index is 642. The van der Waals surface area contributed by atoms with E-state index in [1.165, 1.54) is 6.08 Å². The molecule has 0 amide bonds. The van der Waals surface area contributed by atoms with Crippen molar-refractivity contribution in [3.8, 4) is 0 Å². The van der Waals surface area contributed by atoms with Gasteiger partial charge in [-0.2, -0.15) is 0 Å². The zero-order chi connectivity index (χ0) is 15.5. The van der Waals surface area contributed by atoms with E-state index in [9.17, 15) is 14.3 Å². The third-order valence-electron chi connectivity index (χ3n) is 3.25. The molecule has 0 fully saturated rings. The summed E-state index contributed by atoms with van der Waals surface area (Å²) in [5, 5.41) is 11.4. The monoisotopic (exact) mass is 325 g/mol. The van der Waals surface area contributed by atoms with E-state index in [4.69, 9.17) is 11.6 Å². The second kappa shape index (κ2) is 6.54. The Kier molecular flexibility index (Phi) is 4.96. The van der Waals surface area contributed by atoms with Gasteiger partial charge in [-0.25, -0.2) is 0 Å². The summed E-state index contributed by atoms with van der Waals surface area (Å²) < 4.78 is 12.3. The van der Waals surface area contributed by atoms with Gasteiger partial charge in [-0.15, -0.1) is 0 Å². The van der Waals surface area contributed by atoms with Gasteiger partial charge in [0.15, 0.2) is 0 Å². The first-order valence-electron chi connectivity index (χ1n) is 6.70. The lowest BCUT2D eigenvalue weighted by molar-refractivity contribution is -0.511. The molecule has 0 radical (unpaired) electrons. The minimum absolute atomic E-state index is 0.400. The molecule has 2 unspecified atom stereocenters. The number of rotatable bonds is 5. The van der Waals surface area contributed by atoms with Crippen LogP contribution < -0.4 is 0 Å². The lowest BCUT2D eigenvalue weighted by Gasteiger charge is -2.22. The number of alkyl halides is 1. The molecule has 0 bridgehead atoms. The van der Waals surface area contributed by atoms with Crippen molar-refractivity contribution in [1.29, 1.82) is 0 Å². The number of halogens is 1. The Morgan fingerprint density at radius 2 is 2.14 bits per heavy atom. The van der Waals surface area contributed by atoms with Crippen LogP contribution in [-0.2, 0) is 10.8 Å². The smallest absolute Gasteiger partial charge is 0.262 e. The van der Waals surface area contributed by atoms with Gasteiger partial charge >= 0.3 is 5.00 Å². The molecule has 6 heteroatoms. The SMILES string of the molecule is CCCS(=O)c1ccccc1C1=CCC=CC1(Cl)[N+](=O)[O-]. The van der Waals surface area contributed by atoms with E-state index in [1.54, 1.807) is 36.4 Å². The van der Waals surface area contributed by atoms with Crippen molar-refractivity contribution in [1.82, 2.24) is 0 Å². The normalized spacial score (nSPS) is 22.7. The van der Waals surface area contributed by atoms with E-state index >= 15 is 0 Å². The first-order valence-corrected chi connectivity index (χ1v) is 8.40. The van der Waals surface area contributed by atoms with Gasteiger partial charge in [0.05, 0.1) is 21.3 Å². The highest BCUT2D eigenvalue weighted by molar-refractivity contribution is 7.85. The molecule has 0 aromatic heterocycles. The number of hydrogen-bond acceptors (Lipinski definition) is 3. The van der Waals surface area contributed by atoms with Crippen LogP contribution in [0.1, 0.15) is 25.3 Å². The second-order valence-electron chi connectivity index (χ2n) is 4.73. The van der Waals surface area contributed by atoms with Crippen molar-refractivity contribution < 1.29 is 9.13 Å². The van der Waals surface area contributed by atoms with Gasteiger partial charge in [-0.1, -0.05) is 37.3 Å². The quantitative estimate of drug-likeness (QED) is 0.272. The standard InChI is InChI=1S/C15H16ClNO3S/c1-2-11-21(20)14-9-4-3-7-12(14)13-8-5-6-10-15(13,16)17(18)19/h3-4,6-10H,2,5,11H2,1H3. The van der Waals surface area contributed by atoms with E-state index in [1.807, 2.05) is 6.92 Å². The summed E-state index contributed by atoms with van der Waals surface area (Å²) in [5.41, 5.74) is 0.997.